The van der Waals surface area contributed by atoms with Crippen LogP contribution in [0.15, 0.2) is 12.3 Å². The Morgan fingerprint density at radius 1 is 1.35 bits per heavy atom. The maximum Gasteiger partial charge on any atom is 0.270 e. The highest BCUT2D eigenvalue weighted by molar-refractivity contribution is 6.31. The molecule has 110 valence electrons. The van der Waals surface area contributed by atoms with Crippen molar-refractivity contribution in [2.45, 2.75) is 44.2 Å². The van der Waals surface area contributed by atoms with Crippen molar-refractivity contribution in [1.29, 1.82) is 0 Å². The highest BCUT2D eigenvalue weighted by atomic mass is 35.5. The van der Waals surface area contributed by atoms with Crippen LogP contribution in [-0.4, -0.2) is 41.6 Å². The van der Waals surface area contributed by atoms with E-state index in [4.69, 9.17) is 11.6 Å². The van der Waals surface area contributed by atoms with Crippen LogP contribution >= 0.6 is 11.6 Å². The number of hydrogen-bond acceptors (Lipinski definition) is 2. The zero-order valence-electron chi connectivity index (χ0n) is 11.9. The number of amides is 1. The van der Waals surface area contributed by atoms with Crippen LogP contribution in [0.2, 0.25) is 5.02 Å². The molecular formula is C15H22ClN3O. The van der Waals surface area contributed by atoms with Crippen molar-refractivity contribution in [1.82, 2.24) is 14.8 Å². The first kappa shape index (κ1) is 14.0. The fourth-order valence-corrected chi connectivity index (χ4v) is 3.21. The SMILES string of the molecule is CN(C(=O)c1cc(Cl)cn1C1CC1)C1CCCNCC1. The van der Waals surface area contributed by atoms with Crippen LogP contribution in [0.4, 0.5) is 0 Å². The molecule has 1 saturated heterocycles. The first-order valence-corrected chi connectivity index (χ1v) is 7.90. The van der Waals surface area contributed by atoms with Gasteiger partial charge in [-0.2, -0.15) is 0 Å². The smallest absolute Gasteiger partial charge is 0.270 e. The topological polar surface area (TPSA) is 37.3 Å². The Labute approximate surface area is 125 Å². The molecule has 2 aliphatic rings. The third kappa shape index (κ3) is 2.86. The van der Waals surface area contributed by atoms with Gasteiger partial charge in [-0.15, -0.1) is 0 Å². The normalized spacial score (nSPS) is 23.4. The molecule has 2 fully saturated rings. The van der Waals surface area contributed by atoms with Gasteiger partial charge in [-0.1, -0.05) is 11.6 Å². The molecule has 1 N–H and O–H groups in total. The molecular weight excluding hydrogens is 274 g/mol. The van der Waals surface area contributed by atoms with Crippen LogP contribution in [0.1, 0.15) is 48.6 Å². The van der Waals surface area contributed by atoms with Crippen molar-refractivity contribution in [3.8, 4) is 0 Å². The van der Waals surface area contributed by atoms with Gasteiger partial charge in [0.15, 0.2) is 0 Å². The Kier molecular flexibility index (Phi) is 4.03. The molecule has 0 spiro atoms. The number of carbonyl (C=O) groups is 1. The number of rotatable bonds is 3. The largest absolute Gasteiger partial charge is 0.339 e. The lowest BCUT2D eigenvalue weighted by Gasteiger charge is -2.27. The molecule has 0 bridgehead atoms. The van der Waals surface area contributed by atoms with Crippen LogP contribution in [0.5, 0.6) is 0 Å². The lowest BCUT2D eigenvalue weighted by Crippen LogP contribution is -2.38. The summed E-state index contributed by atoms with van der Waals surface area (Å²) in [5.41, 5.74) is 0.747. The van der Waals surface area contributed by atoms with Gasteiger partial charge in [-0.05, 0) is 51.3 Å². The van der Waals surface area contributed by atoms with Gasteiger partial charge in [0.2, 0.25) is 0 Å². The van der Waals surface area contributed by atoms with Crippen LogP contribution in [-0.2, 0) is 0 Å². The lowest BCUT2D eigenvalue weighted by atomic mass is 10.1. The summed E-state index contributed by atoms with van der Waals surface area (Å²) >= 11 is 6.10. The maximum atomic E-state index is 12.7. The highest BCUT2D eigenvalue weighted by Crippen LogP contribution is 2.37. The Balaban J connectivity index is 1.77. The van der Waals surface area contributed by atoms with Crippen molar-refractivity contribution < 1.29 is 4.79 Å². The molecule has 3 rings (SSSR count). The van der Waals surface area contributed by atoms with E-state index in [2.05, 4.69) is 9.88 Å². The summed E-state index contributed by atoms with van der Waals surface area (Å²) in [7, 11) is 1.93. The Bertz CT molecular complexity index is 487. The summed E-state index contributed by atoms with van der Waals surface area (Å²) in [6, 6.07) is 2.62. The molecule has 1 aliphatic heterocycles. The standard InChI is InChI=1S/C15H22ClN3O/c1-18(12-3-2-7-17-8-6-12)15(20)14-9-11(16)10-19(14)13-4-5-13/h9-10,12-13,17H,2-8H2,1H3. The number of nitrogens with one attached hydrogen (secondary N) is 1. The minimum absolute atomic E-state index is 0.107. The van der Waals surface area contributed by atoms with Gasteiger partial charge in [0.05, 0.1) is 5.02 Å². The van der Waals surface area contributed by atoms with Gasteiger partial charge >= 0.3 is 0 Å². The van der Waals surface area contributed by atoms with Crippen LogP contribution in [0, 0.1) is 0 Å². The second-order valence-electron chi connectivity index (χ2n) is 5.93. The van der Waals surface area contributed by atoms with Crippen molar-refractivity contribution >= 4 is 17.5 Å². The average Bonchev–Trinajstić information content (AvgIpc) is 3.24. The van der Waals surface area contributed by atoms with Crippen molar-refractivity contribution in [3.63, 3.8) is 0 Å². The molecule has 20 heavy (non-hydrogen) atoms. The van der Waals surface area contributed by atoms with E-state index < -0.39 is 0 Å². The van der Waals surface area contributed by atoms with Crippen LogP contribution < -0.4 is 5.32 Å². The summed E-state index contributed by atoms with van der Waals surface area (Å²) in [4.78, 5) is 14.7. The van der Waals surface area contributed by atoms with Gasteiger partial charge in [0.25, 0.3) is 5.91 Å². The molecule has 4 nitrogen and oxygen atoms in total. The molecule has 1 atom stereocenters. The Morgan fingerprint density at radius 3 is 2.90 bits per heavy atom. The van der Waals surface area contributed by atoms with E-state index >= 15 is 0 Å². The number of aromatic nitrogens is 1. The second kappa shape index (κ2) is 5.78. The molecule has 0 radical (unpaired) electrons. The summed E-state index contributed by atoms with van der Waals surface area (Å²) in [5, 5.41) is 4.05. The van der Waals surface area contributed by atoms with Gasteiger partial charge < -0.3 is 14.8 Å². The molecule has 1 saturated carbocycles. The molecule has 1 unspecified atom stereocenters. The fraction of sp³-hybridized carbons (Fsp3) is 0.667. The van der Waals surface area contributed by atoms with Gasteiger partial charge in [0, 0.05) is 25.3 Å². The minimum Gasteiger partial charge on any atom is -0.339 e. The predicted molar refractivity (Wildman–Crippen MR) is 80.3 cm³/mol. The van der Waals surface area contributed by atoms with Gasteiger partial charge in [-0.25, -0.2) is 0 Å². The zero-order valence-corrected chi connectivity index (χ0v) is 12.7. The Morgan fingerprint density at radius 2 is 2.15 bits per heavy atom. The molecule has 2 heterocycles. The minimum atomic E-state index is 0.107. The predicted octanol–water partition coefficient (Wildman–Crippen LogP) is 2.69. The van der Waals surface area contributed by atoms with Gasteiger partial charge in [0.1, 0.15) is 5.69 Å². The first-order valence-electron chi connectivity index (χ1n) is 7.52. The summed E-state index contributed by atoms with van der Waals surface area (Å²) < 4.78 is 2.07. The Hall–Kier alpha value is -1.00. The lowest BCUT2D eigenvalue weighted by molar-refractivity contribution is 0.0709. The van der Waals surface area contributed by atoms with E-state index in [1.165, 1.54) is 0 Å². The van der Waals surface area contributed by atoms with Crippen LogP contribution in [0.25, 0.3) is 0 Å². The molecule has 0 aromatic carbocycles. The third-order valence-electron chi connectivity index (χ3n) is 4.39. The zero-order chi connectivity index (χ0) is 14.1. The van der Waals surface area contributed by atoms with Crippen molar-refractivity contribution in [3.05, 3.63) is 23.0 Å². The molecule has 5 heteroatoms. The van der Waals surface area contributed by atoms with E-state index in [0.717, 1.165) is 50.9 Å². The monoisotopic (exact) mass is 295 g/mol. The number of carbonyl (C=O) groups excluding carboxylic acids is 1. The number of nitrogens with zero attached hydrogens (tertiary/aromatic N) is 2. The maximum absolute atomic E-state index is 12.7. The molecule has 1 aliphatic carbocycles. The second-order valence-corrected chi connectivity index (χ2v) is 6.37. The van der Waals surface area contributed by atoms with Crippen LogP contribution in [0.3, 0.4) is 0 Å². The van der Waals surface area contributed by atoms with Crippen molar-refractivity contribution in [2.24, 2.45) is 0 Å². The van der Waals surface area contributed by atoms with Crippen molar-refractivity contribution in [2.75, 3.05) is 20.1 Å². The fourth-order valence-electron chi connectivity index (χ4n) is 3.01. The molecule has 1 aromatic heterocycles. The van der Waals surface area contributed by atoms with E-state index in [-0.39, 0.29) is 5.91 Å². The first-order chi connectivity index (χ1) is 9.66. The quantitative estimate of drug-likeness (QED) is 0.931. The van der Waals surface area contributed by atoms with E-state index in [1.54, 1.807) is 0 Å². The number of halogens is 1. The highest BCUT2D eigenvalue weighted by Gasteiger charge is 2.30. The molecule has 1 amide bonds. The number of hydrogen-bond donors (Lipinski definition) is 1. The van der Waals surface area contributed by atoms with E-state index in [1.807, 2.05) is 24.2 Å². The summed E-state index contributed by atoms with van der Waals surface area (Å²) in [6.07, 6.45) is 7.44. The van der Waals surface area contributed by atoms with E-state index in [9.17, 15) is 4.79 Å². The van der Waals surface area contributed by atoms with E-state index in [0.29, 0.717) is 17.1 Å². The molecule has 1 aromatic rings. The average molecular weight is 296 g/mol. The summed E-state index contributed by atoms with van der Waals surface area (Å²) in [6.45, 7) is 2.05. The third-order valence-corrected chi connectivity index (χ3v) is 4.59. The summed E-state index contributed by atoms with van der Waals surface area (Å²) in [5.74, 6) is 0.107. The van der Waals surface area contributed by atoms with Gasteiger partial charge in [-0.3, -0.25) is 4.79 Å².